The molecule has 1 aromatic rings. The van der Waals surface area contributed by atoms with E-state index < -0.39 is 0 Å². The number of halogens is 2. The molecule has 100 valence electrons. The van der Waals surface area contributed by atoms with Crippen LogP contribution >= 0.6 is 27.5 Å². The van der Waals surface area contributed by atoms with Gasteiger partial charge in [-0.1, -0.05) is 18.6 Å². The van der Waals surface area contributed by atoms with Gasteiger partial charge in [0.25, 0.3) is 5.91 Å². The smallest absolute Gasteiger partial charge is 0.254 e. The summed E-state index contributed by atoms with van der Waals surface area (Å²) in [5, 5.41) is 0. The SMILES string of the molecule is Cc1cccc(C(=O)N(C)CCCCCCl)c1Br. The van der Waals surface area contributed by atoms with E-state index in [0.717, 1.165) is 41.4 Å². The maximum absolute atomic E-state index is 12.3. The summed E-state index contributed by atoms with van der Waals surface area (Å²) in [4.78, 5) is 14.0. The molecule has 0 spiro atoms. The van der Waals surface area contributed by atoms with Crippen molar-refractivity contribution in [1.82, 2.24) is 4.90 Å². The molecule has 0 aliphatic heterocycles. The number of unbranched alkanes of at least 4 members (excludes halogenated alkanes) is 2. The van der Waals surface area contributed by atoms with Gasteiger partial charge >= 0.3 is 0 Å². The quantitative estimate of drug-likeness (QED) is 0.563. The van der Waals surface area contributed by atoms with Crippen molar-refractivity contribution in [3.63, 3.8) is 0 Å². The van der Waals surface area contributed by atoms with Gasteiger partial charge in [-0.3, -0.25) is 4.79 Å². The molecular weight excluding hydrogens is 314 g/mol. The molecule has 0 heterocycles. The maximum atomic E-state index is 12.3. The van der Waals surface area contributed by atoms with Crippen LogP contribution in [0.2, 0.25) is 0 Å². The second-order valence-corrected chi connectivity index (χ2v) is 5.58. The standard InChI is InChI=1S/C14H19BrClNO/c1-11-7-6-8-12(13(11)15)14(18)17(2)10-5-3-4-9-16/h6-8H,3-5,9-10H2,1-2H3. The lowest BCUT2D eigenvalue weighted by Gasteiger charge is -2.18. The van der Waals surface area contributed by atoms with Gasteiger partial charge in [-0.15, -0.1) is 11.6 Å². The summed E-state index contributed by atoms with van der Waals surface area (Å²) in [5.74, 6) is 0.762. The fourth-order valence-electron chi connectivity index (χ4n) is 1.74. The van der Waals surface area contributed by atoms with E-state index >= 15 is 0 Å². The van der Waals surface area contributed by atoms with Crippen molar-refractivity contribution in [2.24, 2.45) is 0 Å². The molecule has 2 nitrogen and oxygen atoms in total. The lowest BCUT2D eigenvalue weighted by molar-refractivity contribution is 0.0791. The van der Waals surface area contributed by atoms with Crippen molar-refractivity contribution in [3.8, 4) is 0 Å². The zero-order valence-electron chi connectivity index (χ0n) is 10.9. The molecule has 1 rings (SSSR count). The minimum Gasteiger partial charge on any atom is -0.342 e. The number of aryl methyl sites for hydroxylation is 1. The molecule has 4 heteroatoms. The summed E-state index contributed by atoms with van der Waals surface area (Å²) in [5.41, 5.74) is 1.81. The number of hydrogen-bond acceptors (Lipinski definition) is 1. The number of alkyl halides is 1. The van der Waals surface area contributed by atoms with Crippen molar-refractivity contribution in [3.05, 3.63) is 33.8 Å². The highest BCUT2D eigenvalue weighted by Crippen LogP contribution is 2.22. The Hall–Kier alpha value is -0.540. The summed E-state index contributed by atoms with van der Waals surface area (Å²) in [6.07, 6.45) is 3.08. The first-order chi connectivity index (χ1) is 8.57. The third-order valence-electron chi connectivity index (χ3n) is 2.90. The molecule has 0 radical (unpaired) electrons. The number of carbonyl (C=O) groups excluding carboxylic acids is 1. The summed E-state index contributed by atoms with van der Waals surface area (Å²) >= 11 is 9.10. The number of nitrogens with zero attached hydrogens (tertiary/aromatic N) is 1. The third kappa shape index (κ3) is 4.29. The van der Waals surface area contributed by atoms with Crippen LogP contribution in [0.5, 0.6) is 0 Å². The van der Waals surface area contributed by atoms with Gasteiger partial charge in [-0.05, 0) is 47.3 Å². The van der Waals surface area contributed by atoms with Gasteiger partial charge in [0.2, 0.25) is 0 Å². The van der Waals surface area contributed by atoms with Gasteiger partial charge in [0.05, 0.1) is 5.56 Å². The predicted molar refractivity (Wildman–Crippen MR) is 80.4 cm³/mol. The molecule has 0 bridgehead atoms. The van der Waals surface area contributed by atoms with Crippen LogP contribution in [0.25, 0.3) is 0 Å². The van der Waals surface area contributed by atoms with Crippen LogP contribution in [0.1, 0.15) is 35.2 Å². The molecule has 0 N–H and O–H groups in total. The largest absolute Gasteiger partial charge is 0.342 e. The molecule has 0 fully saturated rings. The lowest BCUT2D eigenvalue weighted by atomic mass is 10.1. The van der Waals surface area contributed by atoms with Gasteiger partial charge < -0.3 is 4.90 Å². The van der Waals surface area contributed by atoms with Gasteiger partial charge in [-0.2, -0.15) is 0 Å². The van der Waals surface area contributed by atoms with Crippen LogP contribution in [-0.2, 0) is 0 Å². The molecule has 0 aliphatic rings. The van der Waals surface area contributed by atoms with Crippen molar-refractivity contribution in [2.75, 3.05) is 19.5 Å². The Balaban J connectivity index is 2.60. The molecule has 0 aliphatic carbocycles. The lowest BCUT2D eigenvalue weighted by Crippen LogP contribution is -2.28. The van der Waals surface area contributed by atoms with Crippen LogP contribution in [0, 0.1) is 6.92 Å². The van der Waals surface area contributed by atoms with Gasteiger partial charge in [0.15, 0.2) is 0 Å². The molecule has 1 amide bonds. The summed E-state index contributed by atoms with van der Waals surface area (Å²) < 4.78 is 0.891. The van der Waals surface area contributed by atoms with E-state index in [4.69, 9.17) is 11.6 Å². The minimum atomic E-state index is 0.0662. The highest BCUT2D eigenvalue weighted by Gasteiger charge is 2.15. The van der Waals surface area contributed by atoms with Crippen molar-refractivity contribution in [2.45, 2.75) is 26.2 Å². The van der Waals surface area contributed by atoms with Crippen LogP contribution in [0.15, 0.2) is 22.7 Å². The van der Waals surface area contributed by atoms with Gasteiger partial charge in [-0.25, -0.2) is 0 Å². The van der Waals surface area contributed by atoms with E-state index in [2.05, 4.69) is 15.9 Å². The summed E-state index contributed by atoms with van der Waals surface area (Å²) in [6.45, 7) is 2.76. The monoisotopic (exact) mass is 331 g/mol. The molecule has 18 heavy (non-hydrogen) atoms. The van der Waals surface area contributed by atoms with E-state index in [1.54, 1.807) is 4.90 Å². The van der Waals surface area contributed by atoms with Crippen molar-refractivity contribution >= 4 is 33.4 Å². The van der Waals surface area contributed by atoms with E-state index in [1.807, 2.05) is 32.2 Å². The fraction of sp³-hybridized carbons (Fsp3) is 0.500. The first-order valence-electron chi connectivity index (χ1n) is 6.14. The Kier molecular flexibility index (Phi) is 6.72. The Morgan fingerprint density at radius 1 is 1.33 bits per heavy atom. The van der Waals surface area contributed by atoms with E-state index in [9.17, 15) is 4.79 Å². The topological polar surface area (TPSA) is 20.3 Å². The normalized spacial score (nSPS) is 10.4. The van der Waals surface area contributed by atoms with Crippen molar-refractivity contribution in [1.29, 1.82) is 0 Å². The van der Waals surface area contributed by atoms with Crippen LogP contribution < -0.4 is 0 Å². The molecule has 0 atom stereocenters. The number of benzene rings is 1. The zero-order chi connectivity index (χ0) is 13.5. The summed E-state index contributed by atoms with van der Waals surface area (Å²) in [7, 11) is 1.85. The first kappa shape index (κ1) is 15.5. The first-order valence-corrected chi connectivity index (χ1v) is 7.47. The number of hydrogen-bond donors (Lipinski definition) is 0. The van der Waals surface area contributed by atoms with Crippen molar-refractivity contribution < 1.29 is 4.79 Å². The third-order valence-corrected chi connectivity index (χ3v) is 4.22. The average molecular weight is 333 g/mol. The Morgan fingerprint density at radius 3 is 2.72 bits per heavy atom. The highest BCUT2D eigenvalue weighted by atomic mass is 79.9. The molecule has 0 saturated carbocycles. The summed E-state index contributed by atoms with van der Waals surface area (Å²) in [6, 6.07) is 5.75. The number of amides is 1. The minimum absolute atomic E-state index is 0.0662. The molecule has 0 saturated heterocycles. The molecular formula is C14H19BrClNO. The Bertz CT molecular complexity index is 409. The average Bonchev–Trinajstić information content (AvgIpc) is 2.37. The zero-order valence-corrected chi connectivity index (χ0v) is 13.2. The molecule has 0 unspecified atom stereocenters. The van der Waals surface area contributed by atoms with Crippen LogP contribution in [0.4, 0.5) is 0 Å². The van der Waals surface area contributed by atoms with E-state index in [1.165, 1.54) is 0 Å². The van der Waals surface area contributed by atoms with Gasteiger partial charge in [0, 0.05) is 23.9 Å². The maximum Gasteiger partial charge on any atom is 0.254 e. The molecule has 0 aromatic heterocycles. The van der Waals surface area contributed by atoms with Crippen LogP contribution in [-0.4, -0.2) is 30.3 Å². The number of rotatable bonds is 6. The fourth-order valence-corrected chi connectivity index (χ4v) is 2.36. The second kappa shape index (κ2) is 7.80. The Labute approximate surface area is 122 Å². The predicted octanol–water partition coefficient (Wildman–Crippen LogP) is 4.24. The highest BCUT2D eigenvalue weighted by molar-refractivity contribution is 9.10. The van der Waals surface area contributed by atoms with Crippen LogP contribution in [0.3, 0.4) is 0 Å². The van der Waals surface area contributed by atoms with Gasteiger partial charge in [0.1, 0.15) is 0 Å². The van der Waals surface area contributed by atoms with E-state index in [-0.39, 0.29) is 5.91 Å². The molecule has 1 aromatic carbocycles. The second-order valence-electron chi connectivity index (χ2n) is 4.41. The number of carbonyl (C=O) groups is 1. The Morgan fingerprint density at radius 2 is 2.06 bits per heavy atom. The van der Waals surface area contributed by atoms with E-state index in [0.29, 0.717) is 5.88 Å².